The summed E-state index contributed by atoms with van der Waals surface area (Å²) in [5.41, 5.74) is 1.53. The van der Waals surface area contributed by atoms with E-state index in [1.54, 1.807) is 19.2 Å². The van der Waals surface area contributed by atoms with E-state index in [-0.39, 0.29) is 0 Å². The van der Waals surface area contributed by atoms with E-state index < -0.39 is 15.7 Å². The minimum Gasteiger partial charge on any atom is -0.253 e. The molecule has 33 heavy (non-hydrogen) atoms. The molecule has 0 fully saturated rings. The summed E-state index contributed by atoms with van der Waals surface area (Å²) >= 11 is 0. The van der Waals surface area contributed by atoms with Gasteiger partial charge in [-0.3, -0.25) is 9.98 Å². The lowest BCUT2D eigenvalue weighted by atomic mass is 10.0. The molecule has 0 aliphatic carbocycles. The number of sulfonamides is 1. The molecule has 1 aliphatic rings. The van der Waals surface area contributed by atoms with Crippen LogP contribution in [0.3, 0.4) is 0 Å². The number of fused-ring (bicyclic) bond motifs is 2. The molecule has 0 spiro atoms. The molecule has 5 rings (SSSR count). The number of hydrogen-bond acceptors (Lipinski definition) is 4. The minimum atomic E-state index is -3.59. The van der Waals surface area contributed by atoms with Crippen molar-refractivity contribution < 1.29 is 8.42 Å². The summed E-state index contributed by atoms with van der Waals surface area (Å²) < 4.78 is 27.7. The molecule has 0 atom stereocenters. The maximum absolute atomic E-state index is 13.1. The summed E-state index contributed by atoms with van der Waals surface area (Å²) in [6.45, 7) is 2.33. The van der Waals surface area contributed by atoms with Gasteiger partial charge in [-0.25, -0.2) is 8.42 Å². The van der Waals surface area contributed by atoms with E-state index in [1.165, 1.54) is 4.31 Å². The highest BCUT2D eigenvalue weighted by molar-refractivity contribution is 7.89. The summed E-state index contributed by atoms with van der Waals surface area (Å²) in [6.07, 6.45) is 0.688. The third kappa shape index (κ3) is 4.32. The molecule has 1 heterocycles. The van der Waals surface area contributed by atoms with Gasteiger partial charge in [-0.1, -0.05) is 66.7 Å². The first-order valence-corrected chi connectivity index (χ1v) is 12.3. The van der Waals surface area contributed by atoms with Gasteiger partial charge in [-0.05, 0) is 53.1 Å². The summed E-state index contributed by atoms with van der Waals surface area (Å²) in [4.78, 5) is 9.87. The van der Waals surface area contributed by atoms with Crippen LogP contribution in [0.4, 0.5) is 0 Å². The van der Waals surface area contributed by atoms with Gasteiger partial charge in [0.2, 0.25) is 10.0 Å². The Hall–Kier alpha value is -3.35. The summed E-state index contributed by atoms with van der Waals surface area (Å²) in [5, 5.41) is 3.79. The maximum Gasteiger partial charge on any atom is 0.243 e. The molecule has 6 heteroatoms. The Morgan fingerprint density at radius 3 is 2.00 bits per heavy atom. The van der Waals surface area contributed by atoms with Crippen molar-refractivity contribution in [3.63, 3.8) is 0 Å². The van der Waals surface area contributed by atoms with Crippen LogP contribution in [-0.2, 0) is 23.0 Å². The Kier molecular flexibility index (Phi) is 5.35. The minimum absolute atomic E-state index is 0.299. The van der Waals surface area contributed by atoms with E-state index in [9.17, 15) is 8.42 Å². The highest BCUT2D eigenvalue weighted by Gasteiger charge is 2.25. The molecule has 0 radical (unpaired) electrons. The number of hydrogen-bond donors (Lipinski definition) is 0. The molecule has 0 saturated carbocycles. The first kappa shape index (κ1) is 21.5. The molecule has 0 aromatic heterocycles. The zero-order valence-corrected chi connectivity index (χ0v) is 19.5. The van der Waals surface area contributed by atoms with Crippen LogP contribution in [0, 0.1) is 0 Å². The second kappa shape index (κ2) is 8.21. The number of para-hydroxylation sites is 2. The average molecular weight is 456 g/mol. The first-order chi connectivity index (χ1) is 15.8. The van der Waals surface area contributed by atoms with E-state index in [0.717, 1.165) is 32.6 Å². The molecule has 0 N–H and O–H groups in total. The zero-order chi connectivity index (χ0) is 23.1. The summed E-state index contributed by atoms with van der Waals surface area (Å²) in [6, 6.07) is 29.0. The van der Waals surface area contributed by atoms with Crippen LogP contribution in [0.1, 0.15) is 18.1 Å². The normalized spacial score (nSPS) is 14.6. The van der Waals surface area contributed by atoms with Crippen molar-refractivity contribution in [3.8, 4) is 0 Å². The van der Waals surface area contributed by atoms with Gasteiger partial charge in [-0.15, -0.1) is 0 Å². The third-order valence-corrected chi connectivity index (χ3v) is 7.80. The van der Waals surface area contributed by atoms with Gasteiger partial charge < -0.3 is 0 Å². The fourth-order valence-corrected chi connectivity index (χ4v) is 5.47. The highest BCUT2D eigenvalue weighted by atomic mass is 32.2. The zero-order valence-electron chi connectivity index (χ0n) is 18.6. The molecular weight excluding hydrogens is 430 g/mol. The molecule has 4 aromatic carbocycles. The van der Waals surface area contributed by atoms with Gasteiger partial charge in [0.15, 0.2) is 5.66 Å². The van der Waals surface area contributed by atoms with Gasteiger partial charge in [-0.2, -0.15) is 4.31 Å². The van der Waals surface area contributed by atoms with Gasteiger partial charge in [0.25, 0.3) is 0 Å². The molecule has 4 aromatic rings. The predicted octanol–water partition coefficient (Wildman–Crippen LogP) is 3.87. The first-order valence-electron chi connectivity index (χ1n) is 10.9. The van der Waals surface area contributed by atoms with Crippen LogP contribution >= 0.6 is 0 Å². The van der Waals surface area contributed by atoms with E-state index in [2.05, 4.69) is 0 Å². The molecular formula is C27H25N3O2S. The standard InChI is InChI=1S/C27H25N3O2S/c1-27(28-25-9-5-6-10-26(25)29-27)18-20-11-13-21(14-12-20)19-30(2)33(31,32)24-16-15-22-7-3-4-8-23(22)17-24/h3-17H,18-19H2,1-2H3. The highest BCUT2D eigenvalue weighted by Crippen LogP contribution is 2.23. The maximum atomic E-state index is 13.1. The number of nitrogens with zero attached hydrogens (tertiary/aromatic N) is 3. The van der Waals surface area contributed by atoms with Crippen molar-refractivity contribution in [3.05, 3.63) is 113 Å². The van der Waals surface area contributed by atoms with Gasteiger partial charge in [0.1, 0.15) is 0 Å². The van der Waals surface area contributed by atoms with Crippen molar-refractivity contribution in [2.75, 3.05) is 7.05 Å². The second-order valence-electron chi connectivity index (χ2n) is 8.69. The Bertz CT molecular complexity index is 1530. The second-order valence-corrected chi connectivity index (χ2v) is 10.7. The molecule has 0 unspecified atom stereocenters. The number of rotatable bonds is 6. The number of benzene rings is 4. The summed E-state index contributed by atoms with van der Waals surface area (Å²) in [7, 11) is -1.98. The lowest BCUT2D eigenvalue weighted by molar-refractivity contribution is 0.466. The molecule has 5 nitrogen and oxygen atoms in total. The Morgan fingerprint density at radius 1 is 0.758 bits per heavy atom. The van der Waals surface area contributed by atoms with Crippen molar-refractivity contribution in [2.24, 2.45) is 9.98 Å². The van der Waals surface area contributed by atoms with Gasteiger partial charge in [0, 0.05) is 20.0 Å². The van der Waals surface area contributed by atoms with E-state index in [1.807, 2.05) is 85.8 Å². The van der Waals surface area contributed by atoms with E-state index in [4.69, 9.17) is 9.98 Å². The van der Waals surface area contributed by atoms with Crippen LogP contribution in [0.5, 0.6) is 0 Å². The largest absolute Gasteiger partial charge is 0.253 e. The Labute approximate surface area is 193 Å². The van der Waals surface area contributed by atoms with Crippen molar-refractivity contribution in [2.45, 2.75) is 30.4 Å². The Morgan fingerprint density at radius 2 is 1.33 bits per heavy atom. The van der Waals surface area contributed by atoms with Crippen LogP contribution in [0.25, 0.3) is 10.8 Å². The molecule has 0 bridgehead atoms. The lowest BCUT2D eigenvalue weighted by Crippen LogP contribution is -2.26. The van der Waals surface area contributed by atoms with Crippen LogP contribution in [-0.4, -0.2) is 25.4 Å². The average Bonchev–Trinajstić information content (AvgIpc) is 3.15. The van der Waals surface area contributed by atoms with Crippen molar-refractivity contribution >= 4 is 20.8 Å². The fraction of sp³-hybridized carbons (Fsp3) is 0.185. The molecule has 0 saturated heterocycles. The van der Waals surface area contributed by atoms with Crippen LogP contribution in [0.15, 0.2) is 106 Å². The fourth-order valence-electron chi connectivity index (χ4n) is 4.28. The summed E-state index contributed by atoms with van der Waals surface area (Å²) in [5.74, 6) is 0. The third-order valence-electron chi connectivity index (χ3n) is 6.00. The van der Waals surface area contributed by atoms with Crippen LogP contribution in [0.2, 0.25) is 0 Å². The quantitative estimate of drug-likeness (QED) is 0.443. The Balaban J connectivity index is 1.31. The smallest absolute Gasteiger partial charge is 0.243 e. The van der Waals surface area contributed by atoms with E-state index in [0.29, 0.717) is 17.9 Å². The SMILES string of the molecule is CN(Cc1ccc(CC2(C)N=c3ccccc3=N2)cc1)S(=O)(=O)c1ccc2ccccc2c1. The van der Waals surface area contributed by atoms with Gasteiger partial charge in [0.05, 0.1) is 15.6 Å². The monoisotopic (exact) mass is 455 g/mol. The molecule has 166 valence electrons. The topological polar surface area (TPSA) is 62.1 Å². The predicted molar refractivity (Wildman–Crippen MR) is 130 cm³/mol. The van der Waals surface area contributed by atoms with E-state index >= 15 is 0 Å². The van der Waals surface area contributed by atoms with Crippen LogP contribution < -0.4 is 10.7 Å². The molecule has 0 amide bonds. The van der Waals surface area contributed by atoms with Crippen molar-refractivity contribution in [1.82, 2.24) is 4.31 Å². The molecule has 1 aliphatic heterocycles. The van der Waals surface area contributed by atoms with Gasteiger partial charge >= 0.3 is 0 Å². The van der Waals surface area contributed by atoms with Crippen molar-refractivity contribution in [1.29, 1.82) is 0 Å². The lowest BCUT2D eigenvalue weighted by Gasteiger charge is -2.19.